The van der Waals surface area contributed by atoms with Crippen molar-refractivity contribution < 1.29 is 24.2 Å². The van der Waals surface area contributed by atoms with E-state index in [1.807, 2.05) is 24.3 Å². The van der Waals surface area contributed by atoms with E-state index >= 15 is 0 Å². The molecule has 2 amide bonds. The van der Waals surface area contributed by atoms with Gasteiger partial charge in [0.15, 0.2) is 5.78 Å². The SMILES string of the molecule is COc1ccc(N(C)C(=O)N2CCC(C(=O)c3ccc4cc(C(=O)O)n(C)c4c3)CC2)cc1. The Morgan fingerprint density at radius 1 is 1.03 bits per heavy atom. The molecule has 1 aliphatic rings. The normalized spacial score (nSPS) is 14.3. The van der Waals surface area contributed by atoms with Gasteiger partial charge in [0.25, 0.3) is 0 Å². The van der Waals surface area contributed by atoms with Crippen LogP contribution in [0.5, 0.6) is 5.75 Å². The number of urea groups is 1. The van der Waals surface area contributed by atoms with Crippen molar-refractivity contribution in [2.75, 3.05) is 32.1 Å². The number of carboxylic acids is 1. The molecule has 0 aliphatic carbocycles. The lowest BCUT2D eigenvalue weighted by Crippen LogP contribution is -2.46. The number of nitrogens with zero attached hydrogens (tertiary/aromatic N) is 3. The number of ether oxygens (including phenoxy) is 1. The molecule has 1 fully saturated rings. The lowest BCUT2D eigenvalue weighted by molar-refractivity contribution is 0.0686. The molecular formula is C25H27N3O5. The van der Waals surface area contributed by atoms with Crippen LogP contribution in [0.25, 0.3) is 10.9 Å². The fourth-order valence-corrected chi connectivity index (χ4v) is 4.39. The first-order chi connectivity index (χ1) is 15.8. The van der Waals surface area contributed by atoms with Gasteiger partial charge in [-0.2, -0.15) is 0 Å². The smallest absolute Gasteiger partial charge is 0.352 e. The first-order valence-corrected chi connectivity index (χ1v) is 10.8. The summed E-state index contributed by atoms with van der Waals surface area (Å²) < 4.78 is 6.75. The first kappa shape index (κ1) is 22.4. The van der Waals surface area contributed by atoms with E-state index in [0.717, 1.165) is 16.8 Å². The molecule has 2 aromatic carbocycles. The molecule has 0 radical (unpaired) electrons. The highest BCUT2D eigenvalue weighted by Crippen LogP contribution is 2.27. The number of aromatic carboxylic acids is 1. The number of benzene rings is 2. The van der Waals surface area contributed by atoms with Crippen molar-refractivity contribution in [2.45, 2.75) is 12.8 Å². The summed E-state index contributed by atoms with van der Waals surface area (Å²) in [5, 5.41) is 10.1. The fraction of sp³-hybridized carbons (Fsp3) is 0.320. The third-order valence-corrected chi connectivity index (χ3v) is 6.43. The van der Waals surface area contributed by atoms with Crippen molar-refractivity contribution in [1.82, 2.24) is 9.47 Å². The van der Waals surface area contributed by atoms with Gasteiger partial charge < -0.3 is 19.3 Å². The van der Waals surface area contributed by atoms with E-state index in [1.165, 1.54) is 0 Å². The van der Waals surface area contributed by atoms with E-state index in [-0.39, 0.29) is 23.4 Å². The van der Waals surface area contributed by atoms with Crippen LogP contribution < -0.4 is 9.64 Å². The van der Waals surface area contributed by atoms with Crippen molar-refractivity contribution in [3.05, 3.63) is 59.8 Å². The van der Waals surface area contributed by atoms with Crippen molar-refractivity contribution in [1.29, 1.82) is 0 Å². The van der Waals surface area contributed by atoms with E-state index in [0.29, 0.717) is 37.0 Å². The number of likely N-dealkylation sites (tertiary alicyclic amines) is 1. The number of carbonyl (C=O) groups excluding carboxylic acids is 2. The van der Waals surface area contributed by atoms with Crippen LogP contribution in [-0.4, -0.2) is 59.6 Å². The number of hydrogen-bond donors (Lipinski definition) is 1. The molecule has 3 aromatic rings. The average molecular weight is 450 g/mol. The summed E-state index contributed by atoms with van der Waals surface area (Å²) in [6, 6.07) is 14.1. The maximum atomic E-state index is 13.1. The van der Waals surface area contributed by atoms with Gasteiger partial charge in [-0.25, -0.2) is 9.59 Å². The molecule has 0 saturated carbocycles. The predicted molar refractivity (Wildman–Crippen MR) is 125 cm³/mol. The molecule has 1 saturated heterocycles. The van der Waals surface area contributed by atoms with Gasteiger partial charge in [-0.3, -0.25) is 9.69 Å². The van der Waals surface area contributed by atoms with Crippen LogP contribution in [0.4, 0.5) is 10.5 Å². The Labute approximate surface area is 192 Å². The number of amides is 2. The Morgan fingerprint density at radius 2 is 1.70 bits per heavy atom. The second-order valence-electron chi connectivity index (χ2n) is 8.33. The molecule has 0 bridgehead atoms. The van der Waals surface area contributed by atoms with Crippen LogP contribution in [-0.2, 0) is 7.05 Å². The number of carboxylic acid groups (broad SMARTS) is 1. The molecule has 1 aromatic heterocycles. The Hall–Kier alpha value is -3.81. The first-order valence-electron chi connectivity index (χ1n) is 10.8. The van der Waals surface area contributed by atoms with Crippen LogP contribution in [0.15, 0.2) is 48.5 Å². The number of Topliss-reactive ketones (excluding diaryl/α,β-unsaturated/α-hetero) is 1. The molecule has 0 spiro atoms. The van der Waals surface area contributed by atoms with Crippen molar-refractivity contribution in [3.8, 4) is 5.75 Å². The molecule has 172 valence electrons. The van der Waals surface area contributed by atoms with Gasteiger partial charge in [0.2, 0.25) is 0 Å². The number of methoxy groups -OCH3 is 1. The molecular weight excluding hydrogens is 422 g/mol. The van der Waals surface area contributed by atoms with E-state index in [2.05, 4.69) is 0 Å². The molecule has 0 unspecified atom stereocenters. The van der Waals surface area contributed by atoms with Crippen LogP contribution in [0.3, 0.4) is 0 Å². The van der Waals surface area contributed by atoms with Crippen molar-refractivity contribution in [3.63, 3.8) is 0 Å². The molecule has 1 aliphatic heterocycles. The van der Waals surface area contributed by atoms with Gasteiger partial charge in [-0.05, 0) is 49.2 Å². The summed E-state index contributed by atoms with van der Waals surface area (Å²) >= 11 is 0. The van der Waals surface area contributed by atoms with Crippen LogP contribution >= 0.6 is 0 Å². The van der Waals surface area contributed by atoms with Gasteiger partial charge in [0.05, 0.1) is 7.11 Å². The summed E-state index contributed by atoms with van der Waals surface area (Å²) in [6.07, 6.45) is 1.18. The largest absolute Gasteiger partial charge is 0.497 e. The number of rotatable bonds is 5. The maximum Gasteiger partial charge on any atom is 0.352 e. The summed E-state index contributed by atoms with van der Waals surface area (Å²) in [5.41, 5.74) is 2.24. The zero-order valence-electron chi connectivity index (χ0n) is 18.9. The van der Waals surface area contributed by atoms with Crippen LogP contribution in [0.2, 0.25) is 0 Å². The molecule has 8 nitrogen and oxygen atoms in total. The van der Waals surface area contributed by atoms with Crippen molar-refractivity contribution >= 4 is 34.4 Å². The minimum atomic E-state index is -1.00. The summed E-state index contributed by atoms with van der Waals surface area (Å²) in [4.78, 5) is 40.8. The number of hydrogen-bond acceptors (Lipinski definition) is 4. The number of aryl methyl sites for hydroxylation is 1. The van der Waals surface area contributed by atoms with Gasteiger partial charge in [-0.15, -0.1) is 0 Å². The Bertz CT molecular complexity index is 1210. The zero-order valence-corrected chi connectivity index (χ0v) is 18.9. The second kappa shape index (κ2) is 8.97. The topological polar surface area (TPSA) is 92.1 Å². The summed E-state index contributed by atoms with van der Waals surface area (Å²) in [5.74, 6) is -0.410. The summed E-state index contributed by atoms with van der Waals surface area (Å²) in [6.45, 7) is 1.01. The van der Waals surface area contributed by atoms with E-state index in [4.69, 9.17) is 4.74 Å². The highest BCUT2D eigenvalue weighted by Gasteiger charge is 2.30. The summed E-state index contributed by atoms with van der Waals surface area (Å²) in [7, 11) is 5.02. The number of fused-ring (bicyclic) bond motifs is 1. The minimum Gasteiger partial charge on any atom is -0.497 e. The monoisotopic (exact) mass is 449 g/mol. The number of anilines is 1. The third kappa shape index (κ3) is 4.28. The average Bonchev–Trinajstić information content (AvgIpc) is 3.19. The molecule has 8 heteroatoms. The Kier molecular flexibility index (Phi) is 6.09. The number of piperidine rings is 1. The highest BCUT2D eigenvalue weighted by molar-refractivity contribution is 6.02. The molecule has 1 N–H and O–H groups in total. The molecule has 33 heavy (non-hydrogen) atoms. The zero-order chi connectivity index (χ0) is 23.7. The van der Waals surface area contributed by atoms with E-state index in [1.54, 1.807) is 59.8 Å². The fourth-order valence-electron chi connectivity index (χ4n) is 4.39. The third-order valence-electron chi connectivity index (χ3n) is 6.43. The molecule has 2 heterocycles. The van der Waals surface area contributed by atoms with Gasteiger partial charge in [0, 0.05) is 55.3 Å². The maximum absolute atomic E-state index is 13.1. The minimum absolute atomic E-state index is 0.0329. The van der Waals surface area contributed by atoms with Gasteiger partial charge in [-0.1, -0.05) is 12.1 Å². The molecule has 0 atom stereocenters. The number of carbonyl (C=O) groups is 3. The van der Waals surface area contributed by atoms with E-state index < -0.39 is 5.97 Å². The number of aromatic nitrogens is 1. The predicted octanol–water partition coefficient (Wildman–Crippen LogP) is 4.04. The highest BCUT2D eigenvalue weighted by atomic mass is 16.5. The van der Waals surface area contributed by atoms with Crippen LogP contribution in [0.1, 0.15) is 33.7 Å². The molecule has 4 rings (SSSR count). The van der Waals surface area contributed by atoms with E-state index in [9.17, 15) is 19.5 Å². The van der Waals surface area contributed by atoms with Gasteiger partial charge >= 0.3 is 12.0 Å². The van der Waals surface area contributed by atoms with Crippen molar-refractivity contribution in [2.24, 2.45) is 13.0 Å². The Balaban J connectivity index is 1.41. The van der Waals surface area contributed by atoms with Crippen LogP contribution in [0, 0.1) is 5.92 Å². The standard InChI is InChI=1S/C25H27N3O5/c1-26(19-6-8-20(33-3)9-7-19)25(32)28-12-10-16(11-13-28)23(29)18-5-4-17-14-22(24(30)31)27(2)21(17)15-18/h4-9,14-16H,10-13H2,1-3H3,(H,30,31). The Morgan fingerprint density at radius 3 is 2.30 bits per heavy atom. The quantitative estimate of drug-likeness (QED) is 0.594. The second-order valence-corrected chi connectivity index (χ2v) is 8.33. The number of ketones is 1. The lowest BCUT2D eigenvalue weighted by Gasteiger charge is -2.34. The lowest BCUT2D eigenvalue weighted by atomic mass is 9.88. The van der Waals surface area contributed by atoms with Gasteiger partial charge in [0.1, 0.15) is 11.4 Å².